The molecule has 0 aliphatic heterocycles. The summed E-state index contributed by atoms with van der Waals surface area (Å²) in [5.74, 6) is -0.0914. The molecule has 0 radical (unpaired) electrons. The molecule has 6 heteroatoms. The molecule has 108 valence electrons. The predicted molar refractivity (Wildman–Crippen MR) is 74.1 cm³/mol. The summed E-state index contributed by atoms with van der Waals surface area (Å²) in [6, 6.07) is 6.83. The van der Waals surface area contributed by atoms with E-state index in [9.17, 15) is 8.42 Å². The van der Waals surface area contributed by atoms with Crippen LogP contribution in [0.2, 0.25) is 0 Å². The number of rotatable bonds is 7. The first-order chi connectivity index (χ1) is 8.78. The van der Waals surface area contributed by atoms with Gasteiger partial charge in [-0.2, -0.15) is 0 Å². The van der Waals surface area contributed by atoms with Gasteiger partial charge in [-0.1, -0.05) is 24.3 Å². The van der Waals surface area contributed by atoms with E-state index in [-0.39, 0.29) is 12.4 Å². The van der Waals surface area contributed by atoms with Gasteiger partial charge in [0.25, 0.3) is 0 Å². The van der Waals surface area contributed by atoms with Crippen molar-refractivity contribution in [3.8, 4) is 0 Å². The summed E-state index contributed by atoms with van der Waals surface area (Å²) in [4.78, 5) is 0. The third kappa shape index (κ3) is 5.69. The molecule has 0 atom stereocenters. The maximum absolute atomic E-state index is 12.0. The van der Waals surface area contributed by atoms with Gasteiger partial charge >= 0.3 is 0 Å². The van der Waals surface area contributed by atoms with Gasteiger partial charge in [-0.05, 0) is 25.0 Å². The summed E-state index contributed by atoms with van der Waals surface area (Å²) in [5, 5.41) is 8.93. The molecule has 0 bridgehead atoms. The SMILES string of the molecule is COCC(C)(C)NS(=O)(=O)Cc1ccc(CO)cc1. The summed E-state index contributed by atoms with van der Waals surface area (Å²) >= 11 is 0. The monoisotopic (exact) mass is 287 g/mol. The molecule has 0 unspecified atom stereocenters. The van der Waals surface area contributed by atoms with Gasteiger partial charge in [-0.15, -0.1) is 0 Å². The number of nitrogens with one attached hydrogen (secondary N) is 1. The van der Waals surface area contributed by atoms with Gasteiger partial charge in [0.1, 0.15) is 0 Å². The average Bonchev–Trinajstić information content (AvgIpc) is 2.27. The Morgan fingerprint density at radius 1 is 1.21 bits per heavy atom. The van der Waals surface area contributed by atoms with Crippen LogP contribution in [0.3, 0.4) is 0 Å². The zero-order valence-corrected chi connectivity index (χ0v) is 12.3. The number of aliphatic hydroxyl groups excluding tert-OH is 1. The molecule has 0 saturated carbocycles. The molecule has 0 aliphatic rings. The third-order valence-electron chi connectivity index (χ3n) is 2.50. The topological polar surface area (TPSA) is 75.6 Å². The largest absolute Gasteiger partial charge is 0.392 e. The van der Waals surface area contributed by atoms with Crippen LogP contribution in [0.1, 0.15) is 25.0 Å². The van der Waals surface area contributed by atoms with E-state index in [2.05, 4.69) is 4.72 Å². The van der Waals surface area contributed by atoms with Crippen molar-refractivity contribution in [1.82, 2.24) is 4.72 Å². The van der Waals surface area contributed by atoms with E-state index in [4.69, 9.17) is 9.84 Å². The van der Waals surface area contributed by atoms with E-state index in [0.717, 1.165) is 5.56 Å². The first kappa shape index (κ1) is 16.1. The Morgan fingerprint density at radius 3 is 2.21 bits per heavy atom. The number of hydrogen-bond acceptors (Lipinski definition) is 4. The normalized spacial score (nSPS) is 12.6. The molecule has 0 amide bonds. The van der Waals surface area contributed by atoms with Gasteiger partial charge in [0.15, 0.2) is 0 Å². The summed E-state index contributed by atoms with van der Waals surface area (Å²) in [6.07, 6.45) is 0. The minimum atomic E-state index is -3.43. The van der Waals surface area contributed by atoms with Gasteiger partial charge in [0, 0.05) is 7.11 Å². The molecule has 1 rings (SSSR count). The Kier molecular flexibility index (Phi) is 5.49. The van der Waals surface area contributed by atoms with Crippen molar-refractivity contribution in [1.29, 1.82) is 0 Å². The van der Waals surface area contributed by atoms with Gasteiger partial charge in [-0.25, -0.2) is 13.1 Å². The minimum Gasteiger partial charge on any atom is -0.392 e. The fourth-order valence-corrected chi connectivity index (χ4v) is 3.41. The van der Waals surface area contributed by atoms with E-state index >= 15 is 0 Å². The van der Waals surface area contributed by atoms with Crippen molar-refractivity contribution >= 4 is 10.0 Å². The molecule has 0 saturated heterocycles. The Bertz CT molecular complexity index is 494. The van der Waals surface area contributed by atoms with Crippen LogP contribution >= 0.6 is 0 Å². The summed E-state index contributed by atoms with van der Waals surface area (Å²) in [5.41, 5.74) is 0.797. The van der Waals surface area contributed by atoms with Crippen molar-refractivity contribution in [2.75, 3.05) is 13.7 Å². The number of benzene rings is 1. The minimum absolute atomic E-state index is 0.0495. The van der Waals surface area contributed by atoms with E-state index in [1.165, 1.54) is 7.11 Å². The number of sulfonamides is 1. The maximum atomic E-state index is 12.0. The standard InChI is InChI=1S/C13H21NO4S/c1-13(2,10-18-3)14-19(16,17)9-12-6-4-11(8-15)5-7-12/h4-7,14-15H,8-10H2,1-3H3. The van der Waals surface area contributed by atoms with Crippen LogP contribution in [-0.4, -0.2) is 32.8 Å². The molecule has 1 aromatic carbocycles. The fraction of sp³-hybridized carbons (Fsp3) is 0.538. The number of methoxy groups -OCH3 is 1. The van der Waals surface area contributed by atoms with Gasteiger partial charge in [0.05, 0.1) is 24.5 Å². The lowest BCUT2D eigenvalue weighted by Crippen LogP contribution is -2.47. The van der Waals surface area contributed by atoms with Crippen molar-refractivity contribution in [3.63, 3.8) is 0 Å². The lowest BCUT2D eigenvalue weighted by Gasteiger charge is -2.24. The smallest absolute Gasteiger partial charge is 0.216 e. The summed E-state index contributed by atoms with van der Waals surface area (Å²) in [7, 11) is -1.90. The third-order valence-corrected chi connectivity index (χ3v) is 4.08. The lowest BCUT2D eigenvalue weighted by molar-refractivity contribution is 0.141. The van der Waals surface area contributed by atoms with Crippen LogP contribution in [0.15, 0.2) is 24.3 Å². The molecule has 19 heavy (non-hydrogen) atoms. The van der Waals surface area contributed by atoms with E-state index in [1.54, 1.807) is 38.1 Å². The van der Waals surface area contributed by atoms with Crippen molar-refractivity contribution in [2.45, 2.75) is 31.7 Å². The van der Waals surface area contributed by atoms with Gasteiger partial charge < -0.3 is 9.84 Å². The second kappa shape index (κ2) is 6.47. The molecule has 2 N–H and O–H groups in total. The number of aliphatic hydroxyl groups is 1. The highest BCUT2D eigenvalue weighted by Gasteiger charge is 2.24. The van der Waals surface area contributed by atoms with E-state index < -0.39 is 15.6 Å². The lowest BCUT2D eigenvalue weighted by atomic mass is 10.1. The zero-order valence-electron chi connectivity index (χ0n) is 11.5. The highest BCUT2D eigenvalue weighted by atomic mass is 32.2. The Balaban J connectivity index is 2.73. The van der Waals surface area contributed by atoms with Crippen molar-refractivity contribution < 1.29 is 18.3 Å². The van der Waals surface area contributed by atoms with Gasteiger partial charge in [-0.3, -0.25) is 0 Å². The fourth-order valence-electron chi connectivity index (χ4n) is 1.81. The second-order valence-corrected chi connectivity index (χ2v) is 6.87. The zero-order chi connectivity index (χ0) is 14.5. The predicted octanol–water partition coefficient (Wildman–Crippen LogP) is 1.02. The average molecular weight is 287 g/mol. The molecule has 0 spiro atoms. The molecule has 1 aromatic rings. The van der Waals surface area contributed by atoms with E-state index in [0.29, 0.717) is 12.2 Å². The Hall–Kier alpha value is -0.950. The highest BCUT2D eigenvalue weighted by molar-refractivity contribution is 7.88. The number of ether oxygens (including phenoxy) is 1. The molecule has 0 heterocycles. The Labute approximate surface area is 114 Å². The first-order valence-corrected chi connectivity index (χ1v) is 7.62. The molecule has 0 aromatic heterocycles. The number of hydrogen-bond donors (Lipinski definition) is 2. The van der Waals surface area contributed by atoms with Crippen LogP contribution in [0, 0.1) is 0 Å². The van der Waals surface area contributed by atoms with Crippen molar-refractivity contribution in [2.24, 2.45) is 0 Å². The van der Waals surface area contributed by atoms with Crippen LogP contribution < -0.4 is 4.72 Å². The van der Waals surface area contributed by atoms with Crippen LogP contribution in [0.5, 0.6) is 0 Å². The highest BCUT2D eigenvalue weighted by Crippen LogP contribution is 2.11. The molecule has 0 fully saturated rings. The Morgan fingerprint density at radius 2 is 1.74 bits per heavy atom. The molecular formula is C13H21NO4S. The maximum Gasteiger partial charge on any atom is 0.216 e. The van der Waals surface area contributed by atoms with Gasteiger partial charge in [0.2, 0.25) is 10.0 Å². The molecule has 5 nitrogen and oxygen atoms in total. The molecular weight excluding hydrogens is 266 g/mol. The quantitative estimate of drug-likeness (QED) is 0.785. The second-order valence-electron chi connectivity index (χ2n) is 5.15. The van der Waals surface area contributed by atoms with E-state index in [1.807, 2.05) is 0 Å². The summed E-state index contributed by atoms with van der Waals surface area (Å²) in [6.45, 7) is 3.79. The van der Waals surface area contributed by atoms with Crippen LogP contribution in [-0.2, 0) is 27.1 Å². The summed E-state index contributed by atoms with van der Waals surface area (Å²) < 4.78 is 31.6. The first-order valence-electron chi connectivity index (χ1n) is 5.97. The van der Waals surface area contributed by atoms with Crippen molar-refractivity contribution in [3.05, 3.63) is 35.4 Å². The van der Waals surface area contributed by atoms with Crippen LogP contribution in [0.4, 0.5) is 0 Å². The van der Waals surface area contributed by atoms with Crippen LogP contribution in [0.25, 0.3) is 0 Å². The molecule has 0 aliphatic carbocycles.